The molecule has 2 amide bonds. The average Bonchev–Trinajstić information content (AvgIpc) is 3.29. The minimum Gasteiger partial charge on any atom is -0.497 e. The lowest BCUT2D eigenvalue weighted by molar-refractivity contribution is -0.133. The van der Waals surface area contributed by atoms with Gasteiger partial charge in [-0.25, -0.2) is 9.40 Å². The summed E-state index contributed by atoms with van der Waals surface area (Å²) in [6.45, 7) is -0.209. The number of ether oxygens (including phenoxy) is 1. The zero-order valence-corrected chi connectivity index (χ0v) is 19.5. The fourth-order valence-corrected chi connectivity index (χ4v) is 3.96. The topological polar surface area (TPSA) is 62.2 Å². The molecule has 174 valence electrons. The lowest BCUT2D eigenvalue weighted by Crippen LogP contribution is -2.39. The first-order valence-electron chi connectivity index (χ1n) is 10.7. The highest BCUT2D eigenvalue weighted by Crippen LogP contribution is 2.33. The van der Waals surface area contributed by atoms with E-state index in [0.717, 1.165) is 28.7 Å². The van der Waals surface area contributed by atoms with E-state index in [9.17, 15) is 14.0 Å². The molecule has 0 bridgehead atoms. The molecule has 0 fully saturated rings. The van der Waals surface area contributed by atoms with Gasteiger partial charge in [0.05, 0.1) is 18.9 Å². The van der Waals surface area contributed by atoms with E-state index in [1.807, 2.05) is 36.4 Å². The van der Waals surface area contributed by atoms with Crippen LogP contribution in [0.5, 0.6) is 5.75 Å². The van der Waals surface area contributed by atoms with Gasteiger partial charge in [0.15, 0.2) is 0 Å². The van der Waals surface area contributed by atoms with Crippen LogP contribution in [0.2, 0.25) is 5.02 Å². The number of hydrogen-bond acceptors (Lipinski definition) is 4. The lowest BCUT2D eigenvalue weighted by Gasteiger charge is -2.25. The van der Waals surface area contributed by atoms with Gasteiger partial charge >= 0.3 is 0 Å². The monoisotopic (exact) mass is 479 g/mol. The van der Waals surface area contributed by atoms with Crippen molar-refractivity contribution in [3.63, 3.8) is 0 Å². The molecule has 3 aromatic rings. The number of hydrogen-bond donors (Lipinski definition) is 0. The second kappa shape index (κ2) is 10.1. The molecule has 1 aliphatic rings. The molecule has 0 N–H and O–H groups in total. The van der Waals surface area contributed by atoms with Crippen molar-refractivity contribution in [2.75, 3.05) is 20.7 Å². The quantitative estimate of drug-likeness (QED) is 0.503. The zero-order valence-electron chi connectivity index (χ0n) is 18.7. The first-order chi connectivity index (χ1) is 16.4. The van der Waals surface area contributed by atoms with Crippen LogP contribution in [0.4, 0.5) is 4.39 Å². The van der Waals surface area contributed by atoms with E-state index in [-0.39, 0.29) is 24.1 Å². The van der Waals surface area contributed by atoms with Crippen molar-refractivity contribution in [3.8, 4) is 5.75 Å². The van der Waals surface area contributed by atoms with Crippen LogP contribution >= 0.6 is 11.6 Å². The van der Waals surface area contributed by atoms with Gasteiger partial charge in [0.25, 0.3) is 11.8 Å². The Bertz CT molecular complexity index is 1230. The van der Waals surface area contributed by atoms with Crippen LogP contribution in [-0.4, -0.2) is 48.1 Å². The van der Waals surface area contributed by atoms with Gasteiger partial charge in [0, 0.05) is 24.1 Å². The van der Waals surface area contributed by atoms with Gasteiger partial charge in [-0.05, 0) is 65.7 Å². The highest BCUT2D eigenvalue weighted by Gasteiger charge is 2.34. The van der Waals surface area contributed by atoms with Crippen molar-refractivity contribution < 1.29 is 18.7 Å². The Hall–Kier alpha value is -3.71. The number of carbonyl (C=O) groups is 2. The first-order valence-corrected chi connectivity index (χ1v) is 11.0. The Kier molecular flexibility index (Phi) is 6.93. The van der Waals surface area contributed by atoms with E-state index in [2.05, 4.69) is 5.10 Å². The largest absolute Gasteiger partial charge is 0.497 e. The van der Waals surface area contributed by atoms with Crippen molar-refractivity contribution in [1.29, 1.82) is 0 Å². The third-order valence-corrected chi connectivity index (χ3v) is 5.89. The summed E-state index contributed by atoms with van der Waals surface area (Å²) in [5.74, 6) is -0.589. The summed E-state index contributed by atoms with van der Waals surface area (Å²) < 4.78 is 18.8. The van der Waals surface area contributed by atoms with Crippen LogP contribution in [0.1, 0.15) is 33.9 Å². The molecule has 0 saturated heterocycles. The Morgan fingerprint density at radius 1 is 1.12 bits per heavy atom. The van der Waals surface area contributed by atoms with Crippen LogP contribution in [-0.2, 0) is 4.79 Å². The van der Waals surface area contributed by atoms with E-state index >= 15 is 0 Å². The normalized spacial score (nSPS) is 15.1. The van der Waals surface area contributed by atoms with E-state index in [0.29, 0.717) is 11.4 Å². The number of amides is 2. The lowest BCUT2D eigenvalue weighted by atomic mass is 9.98. The predicted molar refractivity (Wildman–Crippen MR) is 129 cm³/mol. The molecule has 0 radical (unpaired) electrons. The van der Waals surface area contributed by atoms with Gasteiger partial charge in [-0.1, -0.05) is 29.8 Å². The predicted octanol–water partition coefficient (Wildman–Crippen LogP) is 4.94. The second-order valence-electron chi connectivity index (χ2n) is 7.96. The van der Waals surface area contributed by atoms with Crippen LogP contribution in [0.15, 0.2) is 77.9 Å². The van der Waals surface area contributed by atoms with E-state index in [1.54, 1.807) is 19.2 Å². The second-order valence-corrected chi connectivity index (χ2v) is 8.39. The number of hydrazone groups is 1. The number of likely N-dealkylation sites (N-methyl/N-ethyl adjacent to an activating group) is 1. The Morgan fingerprint density at radius 3 is 2.47 bits per heavy atom. The number of nitrogens with zero attached hydrogens (tertiary/aromatic N) is 3. The molecular weight excluding hydrogens is 457 g/mol. The zero-order chi connectivity index (χ0) is 24.2. The molecule has 0 saturated carbocycles. The van der Waals surface area contributed by atoms with Crippen LogP contribution in [0.25, 0.3) is 0 Å². The number of rotatable bonds is 6. The number of benzene rings is 3. The highest BCUT2D eigenvalue weighted by molar-refractivity contribution is 6.30. The molecule has 3 aromatic carbocycles. The third-order valence-electron chi connectivity index (χ3n) is 5.63. The number of carbonyl (C=O) groups excluding carboxylic acids is 2. The Morgan fingerprint density at radius 2 is 1.82 bits per heavy atom. The fourth-order valence-electron chi connectivity index (χ4n) is 3.83. The summed E-state index contributed by atoms with van der Waals surface area (Å²) in [5, 5.41) is 6.63. The maximum Gasteiger partial charge on any atom is 0.262 e. The molecule has 1 aliphatic heterocycles. The number of halogens is 2. The maximum atomic E-state index is 13.5. The molecule has 1 unspecified atom stereocenters. The molecule has 6 nitrogen and oxygen atoms in total. The van der Waals surface area contributed by atoms with Gasteiger partial charge in [-0.15, -0.1) is 0 Å². The fraction of sp³-hybridized carbons (Fsp3) is 0.192. The molecule has 34 heavy (non-hydrogen) atoms. The van der Waals surface area contributed by atoms with Gasteiger partial charge < -0.3 is 9.64 Å². The SMILES string of the molecule is COc1ccc(C2=NN(C(=O)CN(C)C(=O)c3cccc(F)c3)C(c3ccc(Cl)cc3)C2)cc1. The standard InChI is InChI=1S/C26H23ClFN3O3/c1-30(26(33)19-4-3-5-21(28)14-19)16-25(32)31-24(18-6-10-20(27)11-7-18)15-23(29-31)17-8-12-22(34-2)13-9-17/h3-14,24H,15-16H2,1-2H3. The summed E-state index contributed by atoms with van der Waals surface area (Å²) in [5.41, 5.74) is 2.67. The molecule has 1 heterocycles. The molecule has 1 atom stereocenters. The molecular formula is C26H23ClFN3O3. The maximum absolute atomic E-state index is 13.5. The molecule has 0 aromatic heterocycles. The van der Waals surface area contributed by atoms with Gasteiger partial charge in [-0.2, -0.15) is 5.10 Å². The van der Waals surface area contributed by atoms with Gasteiger partial charge in [0.2, 0.25) is 0 Å². The summed E-state index contributed by atoms with van der Waals surface area (Å²) in [7, 11) is 3.10. The molecule has 4 rings (SSSR count). The minimum atomic E-state index is -0.512. The van der Waals surface area contributed by atoms with Crippen molar-refractivity contribution >= 4 is 29.1 Å². The van der Waals surface area contributed by atoms with Crippen LogP contribution in [0.3, 0.4) is 0 Å². The first kappa shape index (κ1) is 23.4. The Balaban J connectivity index is 1.58. The van der Waals surface area contributed by atoms with E-state index in [4.69, 9.17) is 16.3 Å². The summed E-state index contributed by atoms with van der Waals surface area (Å²) in [6, 6.07) is 19.8. The molecule has 0 spiro atoms. The summed E-state index contributed by atoms with van der Waals surface area (Å²) >= 11 is 6.05. The van der Waals surface area contributed by atoms with Gasteiger partial charge in [-0.3, -0.25) is 9.59 Å². The smallest absolute Gasteiger partial charge is 0.262 e. The summed E-state index contributed by atoms with van der Waals surface area (Å²) in [6.07, 6.45) is 0.501. The highest BCUT2D eigenvalue weighted by atomic mass is 35.5. The third kappa shape index (κ3) is 5.10. The van der Waals surface area contributed by atoms with E-state index < -0.39 is 11.7 Å². The average molecular weight is 480 g/mol. The minimum absolute atomic E-state index is 0.174. The Labute approximate surface area is 202 Å². The van der Waals surface area contributed by atoms with Crippen molar-refractivity contribution in [3.05, 3.63) is 100 Å². The van der Waals surface area contributed by atoms with Gasteiger partial charge in [0.1, 0.15) is 18.1 Å². The summed E-state index contributed by atoms with van der Waals surface area (Å²) in [4.78, 5) is 27.3. The van der Waals surface area contributed by atoms with Crippen LogP contribution < -0.4 is 4.74 Å². The van der Waals surface area contributed by atoms with Crippen LogP contribution in [0, 0.1) is 5.82 Å². The van der Waals surface area contributed by atoms with Crippen molar-refractivity contribution in [2.45, 2.75) is 12.5 Å². The molecule has 8 heteroatoms. The van der Waals surface area contributed by atoms with Crippen molar-refractivity contribution in [1.82, 2.24) is 9.91 Å². The number of methoxy groups -OCH3 is 1. The van der Waals surface area contributed by atoms with E-state index in [1.165, 1.54) is 35.2 Å². The van der Waals surface area contributed by atoms with Crippen molar-refractivity contribution in [2.24, 2.45) is 5.10 Å². The molecule has 0 aliphatic carbocycles.